The van der Waals surface area contributed by atoms with Crippen molar-refractivity contribution in [1.29, 1.82) is 0 Å². The lowest BCUT2D eigenvalue weighted by atomic mass is 9.71. The van der Waals surface area contributed by atoms with Gasteiger partial charge >= 0.3 is 0 Å². The highest BCUT2D eigenvalue weighted by Crippen LogP contribution is 2.44. The van der Waals surface area contributed by atoms with Crippen molar-refractivity contribution in [1.82, 2.24) is 9.88 Å². The van der Waals surface area contributed by atoms with E-state index in [1.165, 1.54) is 0 Å². The zero-order valence-electron chi connectivity index (χ0n) is 14.4. The molecule has 5 rings (SSSR count). The summed E-state index contributed by atoms with van der Waals surface area (Å²) in [5.41, 5.74) is 0.873. The van der Waals surface area contributed by atoms with Gasteiger partial charge in [0.15, 0.2) is 0 Å². The van der Waals surface area contributed by atoms with Gasteiger partial charge in [-0.2, -0.15) is 0 Å². The van der Waals surface area contributed by atoms with Crippen molar-refractivity contribution < 1.29 is 14.9 Å². The van der Waals surface area contributed by atoms with Crippen LogP contribution in [0.15, 0.2) is 43.1 Å². The molecule has 2 aromatic rings. The SMILES string of the molecule is C=C[C@@]1(O)CN2CC[C@@H]1C[C@@H]2C(O)c1ccnc2ccc(OC)cc12. The summed E-state index contributed by atoms with van der Waals surface area (Å²) in [6.45, 7) is 5.24. The van der Waals surface area contributed by atoms with Crippen molar-refractivity contribution in [3.63, 3.8) is 0 Å². The Hall–Kier alpha value is -1.95. The molecule has 3 saturated heterocycles. The molecular weight excluding hydrogens is 316 g/mol. The second kappa shape index (κ2) is 6.09. The minimum Gasteiger partial charge on any atom is -0.497 e. The van der Waals surface area contributed by atoms with Gasteiger partial charge in [-0.1, -0.05) is 6.08 Å². The van der Waals surface area contributed by atoms with Gasteiger partial charge < -0.3 is 14.9 Å². The molecule has 3 aliphatic heterocycles. The van der Waals surface area contributed by atoms with Gasteiger partial charge in [0, 0.05) is 24.2 Å². The maximum Gasteiger partial charge on any atom is 0.119 e. The number of ether oxygens (including phenoxy) is 1. The Balaban J connectivity index is 1.69. The number of hydrogen-bond acceptors (Lipinski definition) is 5. The topological polar surface area (TPSA) is 65.8 Å². The molecule has 1 aromatic carbocycles. The second-order valence-electron chi connectivity index (χ2n) is 7.18. The maximum absolute atomic E-state index is 11.2. The van der Waals surface area contributed by atoms with E-state index in [4.69, 9.17) is 4.74 Å². The van der Waals surface area contributed by atoms with Crippen LogP contribution in [-0.4, -0.2) is 51.9 Å². The summed E-state index contributed by atoms with van der Waals surface area (Å²) in [4.78, 5) is 6.59. The number of benzene rings is 1. The second-order valence-corrected chi connectivity index (χ2v) is 7.18. The zero-order valence-corrected chi connectivity index (χ0v) is 14.4. The van der Waals surface area contributed by atoms with E-state index in [-0.39, 0.29) is 12.0 Å². The number of rotatable bonds is 4. The molecule has 5 heteroatoms. The highest BCUT2D eigenvalue weighted by molar-refractivity contribution is 5.83. The molecule has 0 aliphatic carbocycles. The third kappa shape index (κ3) is 2.63. The molecule has 5 nitrogen and oxygen atoms in total. The van der Waals surface area contributed by atoms with Crippen LogP contribution in [-0.2, 0) is 0 Å². The largest absolute Gasteiger partial charge is 0.497 e. The van der Waals surface area contributed by atoms with E-state index >= 15 is 0 Å². The van der Waals surface area contributed by atoms with E-state index in [1.54, 1.807) is 19.4 Å². The van der Waals surface area contributed by atoms with Crippen molar-refractivity contribution in [3.05, 3.63) is 48.7 Å². The molecule has 2 bridgehead atoms. The lowest BCUT2D eigenvalue weighted by Crippen LogP contribution is -2.63. The summed E-state index contributed by atoms with van der Waals surface area (Å²) in [5.74, 6) is 0.901. The number of methoxy groups -OCH3 is 1. The van der Waals surface area contributed by atoms with Crippen molar-refractivity contribution in [2.75, 3.05) is 20.2 Å². The smallest absolute Gasteiger partial charge is 0.119 e. The van der Waals surface area contributed by atoms with Gasteiger partial charge in [0.1, 0.15) is 5.75 Å². The first kappa shape index (κ1) is 16.5. The van der Waals surface area contributed by atoms with Crippen molar-refractivity contribution in [2.45, 2.75) is 30.6 Å². The summed E-state index contributed by atoms with van der Waals surface area (Å²) >= 11 is 0. The minimum atomic E-state index is -0.835. The molecule has 3 fully saturated rings. The number of piperidine rings is 3. The molecule has 0 radical (unpaired) electrons. The number of hydrogen-bond donors (Lipinski definition) is 2. The standard InChI is InChI=1S/C20H24N2O3/c1-3-20(24)12-22-9-7-13(20)10-18(22)19(23)15-6-8-21-17-5-4-14(25-2)11-16(15)17/h3-6,8,11,13,18-19,23-24H,1,7,9-10,12H2,2H3/t13-,18-,19?,20-/m1/s1. The number of pyridine rings is 1. The Bertz CT molecular complexity index is 809. The van der Waals surface area contributed by atoms with Crippen molar-refractivity contribution in [2.24, 2.45) is 5.92 Å². The van der Waals surface area contributed by atoms with Crippen molar-refractivity contribution >= 4 is 10.9 Å². The predicted molar refractivity (Wildman–Crippen MR) is 96.5 cm³/mol. The Labute approximate surface area is 147 Å². The first-order valence-corrected chi connectivity index (χ1v) is 8.76. The first-order valence-electron chi connectivity index (χ1n) is 8.76. The number of aliphatic hydroxyl groups excluding tert-OH is 1. The van der Waals surface area contributed by atoms with Crippen LogP contribution >= 0.6 is 0 Å². The normalized spacial score (nSPS) is 32.5. The van der Waals surface area contributed by atoms with Crippen LogP contribution in [0.3, 0.4) is 0 Å². The molecule has 25 heavy (non-hydrogen) atoms. The zero-order chi connectivity index (χ0) is 17.6. The first-order chi connectivity index (χ1) is 12.1. The van der Waals surface area contributed by atoms with Gasteiger partial charge in [-0.3, -0.25) is 9.88 Å². The van der Waals surface area contributed by atoms with E-state index in [0.29, 0.717) is 6.54 Å². The Morgan fingerprint density at radius 3 is 2.96 bits per heavy atom. The van der Waals surface area contributed by atoms with Crippen molar-refractivity contribution in [3.8, 4) is 5.75 Å². The number of aromatic nitrogens is 1. The average Bonchev–Trinajstić information content (AvgIpc) is 2.66. The summed E-state index contributed by atoms with van der Waals surface area (Å²) in [6.07, 6.45) is 4.48. The molecule has 5 atom stereocenters. The van der Waals surface area contributed by atoms with Crippen LogP contribution in [0.1, 0.15) is 24.5 Å². The van der Waals surface area contributed by atoms with E-state index < -0.39 is 11.7 Å². The van der Waals surface area contributed by atoms with Crippen LogP contribution in [0, 0.1) is 5.92 Å². The van der Waals surface area contributed by atoms with Crippen LogP contribution < -0.4 is 4.74 Å². The molecule has 3 aliphatic rings. The van der Waals surface area contributed by atoms with E-state index in [1.807, 2.05) is 24.3 Å². The number of fused-ring (bicyclic) bond motifs is 4. The van der Waals surface area contributed by atoms with Crippen LogP contribution in [0.4, 0.5) is 0 Å². The van der Waals surface area contributed by atoms with E-state index in [2.05, 4.69) is 16.5 Å². The minimum absolute atomic E-state index is 0.00391. The maximum atomic E-state index is 11.2. The quantitative estimate of drug-likeness (QED) is 0.836. The highest BCUT2D eigenvalue weighted by atomic mass is 16.5. The van der Waals surface area contributed by atoms with E-state index in [9.17, 15) is 10.2 Å². The van der Waals surface area contributed by atoms with Crippen LogP contribution in [0.2, 0.25) is 0 Å². The molecule has 132 valence electrons. The molecule has 4 heterocycles. The van der Waals surface area contributed by atoms with Crippen LogP contribution in [0.5, 0.6) is 5.75 Å². The highest BCUT2D eigenvalue weighted by Gasteiger charge is 2.49. The summed E-state index contributed by atoms with van der Waals surface area (Å²) < 4.78 is 5.33. The van der Waals surface area contributed by atoms with Gasteiger partial charge in [0.25, 0.3) is 0 Å². The van der Waals surface area contributed by atoms with Gasteiger partial charge in [-0.15, -0.1) is 6.58 Å². The summed E-state index contributed by atoms with van der Waals surface area (Å²) in [5, 5.41) is 22.8. The fraction of sp³-hybridized carbons (Fsp3) is 0.450. The lowest BCUT2D eigenvalue weighted by molar-refractivity contribution is -0.127. The molecule has 0 amide bonds. The number of aliphatic hydroxyl groups is 2. The van der Waals surface area contributed by atoms with Gasteiger partial charge in [-0.25, -0.2) is 0 Å². The molecular formula is C20H24N2O3. The van der Waals surface area contributed by atoms with E-state index in [0.717, 1.165) is 41.6 Å². The third-order valence-corrected chi connectivity index (χ3v) is 5.94. The molecule has 2 N–H and O–H groups in total. The average molecular weight is 340 g/mol. The van der Waals surface area contributed by atoms with Gasteiger partial charge in [0.2, 0.25) is 0 Å². The Morgan fingerprint density at radius 1 is 1.44 bits per heavy atom. The van der Waals surface area contributed by atoms with Gasteiger partial charge in [-0.05, 0) is 55.1 Å². The van der Waals surface area contributed by atoms with Crippen LogP contribution in [0.25, 0.3) is 10.9 Å². The monoisotopic (exact) mass is 340 g/mol. The fourth-order valence-corrected chi connectivity index (χ4v) is 4.45. The fourth-order valence-electron chi connectivity index (χ4n) is 4.45. The number of nitrogens with zero attached hydrogens (tertiary/aromatic N) is 2. The Morgan fingerprint density at radius 2 is 2.28 bits per heavy atom. The lowest BCUT2D eigenvalue weighted by Gasteiger charge is -2.54. The third-order valence-electron chi connectivity index (χ3n) is 5.94. The molecule has 0 spiro atoms. The van der Waals surface area contributed by atoms with Gasteiger partial charge in [0.05, 0.1) is 24.3 Å². The molecule has 2 unspecified atom stereocenters. The summed E-state index contributed by atoms with van der Waals surface area (Å²) in [7, 11) is 1.63. The molecule has 0 saturated carbocycles. The molecule has 1 aromatic heterocycles. The predicted octanol–water partition coefficient (Wildman–Crippen LogP) is 2.29. The summed E-state index contributed by atoms with van der Waals surface area (Å²) in [6, 6.07) is 7.60. The Kier molecular flexibility index (Phi) is 4.02.